The third-order valence-electron chi connectivity index (χ3n) is 3.26. The molecule has 1 unspecified atom stereocenters. The molecule has 3 heteroatoms. The summed E-state index contributed by atoms with van der Waals surface area (Å²) in [4.78, 5) is 14.9. The predicted molar refractivity (Wildman–Crippen MR) is 86.5 cm³/mol. The van der Waals surface area contributed by atoms with Gasteiger partial charge >= 0.3 is 0 Å². The maximum Gasteiger partial charge on any atom is 0.179 e. The lowest BCUT2D eigenvalue weighted by Crippen LogP contribution is -2.43. The van der Waals surface area contributed by atoms with Crippen LogP contribution in [0.1, 0.15) is 45.0 Å². The molecule has 112 valence electrons. The second-order valence-corrected chi connectivity index (χ2v) is 6.73. The molecule has 0 amide bonds. The van der Waals surface area contributed by atoms with Crippen molar-refractivity contribution in [3.8, 4) is 0 Å². The molecule has 0 N–H and O–H groups in total. The van der Waals surface area contributed by atoms with Crippen LogP contribution in [0.5, 0.6) is 0 Å². The Morgan fingerprint density at radius 1 is 1.00 bits per heavy atom. The van der Waals surface area contributed by atoms with Gasteiger partial charge in [0.05, 0.1) is 6.04 Å². The van der Waals surface area contributed by atoms with Crippen molar-refractivity contribution >= 4 is 17.4 Å². The minimum absolute atomic E-state index is 0.0963. The SMILES string of the molecule is CC(C)CN(CC(C)C)C(C)C(=O)c1ccc(Cl)cc1. The monoisotopic (exact) mass is 295 g/mol. The number of carbonyl (C=O) groups is 1. The summed E-state index contributed by atoms with van der Waals surface area (Å²) in [5.74, 6) is 1.27. The van der Waals surface area contributed by atoms with Gasteiger partial charge in [0.1, 0.15) is 0 Å². The van der Waals surface area contributed by atoms with E-state index in [0.29, 0.717) is 16.9 Å². The molecule has 0 heterocycles. The molecule has 0 radical (unpaired) electrons. The van der Waals surface area contributed by atoms with Crippen LogP contribution in [-0.2, 0) is 0 Å². The summed E-state index contributed by atoms with van der Waals surface area (Å²) in [6.07, 6.45) is 0. The Labute approximate surface area is 128 Å². The average Bonchev–Trinajstić information content (AvgIpc) is 2.36. The summed E-state index contributed by atoms with van der Waals surface area (Å²) in [5.41, 5.74) is 0.736. The standard InChI is InChI=1S/C17H26ClNO/c1-12(2)10-19(11-13(3)4)14(5)17(20)15-6-8-16(18)9-7-15/h6-9,12-14H,10-11H2,1-5H3. The average molecular weight is 296 g/mol. The van der Waals surface area contributed by atoms with Crippen molar-refractivity contribution in [3.05, 3.63) is 34.9 Å². The van der Waals surface area contributed by atoms with Crippen LogP contribution < -0.4 is 0 Å². The highest BCUT2D eigenvalue weighted by Gasteiger charge is 2.23. The molecular formula is C17H26ClNO. The van der Waals surface area contributed by atoms with Gasteiger partial charge in [-0.05, 0) is 43.0 Å². The van der Waals surface area contributed by atoms with Crippen LogP contribution in [0, 0.1) is 11.8 Å². The molecule has 0 aliphatic rings. The molecule has 1 aromatic rings. The third-order valence-corrected chi connectivity index (χ3v) is 3.51. The summed E-state index contributed by atoms with van der Waals surface area (Å²) in [5, 5.41) is 0.662. The number of hydrogen-bond acceptors (Lipinski definition) is 2. The van der Waals surface area contributed by atoms with E-state index in [2.05, 4.69) is 32.6 Å². The Morgan fingerprint density at radius 2 is 1.45 bits per heavy atom. The zero-order valence-corrected chi connectivity index (χ0v) is 13.9. The Hall–Kier alpha value is -0.860. The molecule has 0 spiro atoms. The molecule has 0 bridgehead atoms. The van der Waals surface area contributed by atoms with Crippen molar-refractivity contribution in [1.29, 1.82) is 0 Å². The van der Waals surface area contributed by atoms with Crippen molar-refractivity contribution < 1.29 is 4.79 Å². The van der Waals surface area contributed by atoms with Gasteiger partial charge < -0.3 is 0 Å². The molecule has 1 aromatic carbocycles. The molecule has 0 saturated carbocycles. The zero-order chi connectivity index (χ0) is 15.3. The highest BCUT2D eigenvalue weighted by atomic mass is 35.5. The maximum atomic E-state index is 12.6. The van der Waals surface area contributed by atoms with Crippen molar-refractivity contribution in [1.82, 2.24) is 4.90 Å². The molecule has 1 rings (SSSR count). The first-order valence-electron chi connectivity index (χ1n) is 7.35. The lowest BCUT2D eigenvalue weighted by atomic mass is 10.0. The Bertz CT molecular complexity index is 415. The number of nitrogens with zero attached hydrogens (tertiary/aromatic N) is 1. The molecule has 0 aliphatic heterocycles. The van der Waals surface area contributed by atoms with Crippen molar-refractivity contribution in [3.63, 3.8) is 0 Å². The fourth-order valence-corrected chi connectivity index (χ4v) is 2.48. The van der Waals surface area contributed by atoms with Gasteiger partial charge in [-0.2, -0.15) is 0 Å². The van der Waals surface area contributed by atoms with Crippen molar-refractivity contribution in [2.75, 3.05) is 13.1 Å². The van der Waals surface area contributed by atoms with Crippen LogP contribution in [0.4, 0.5) is 0 Å². The fourth-order valence-electron chi connectivity index (χ4n) is 2.35. The summed E-state index contributed by atoms with van der Waals surface area (Å²) in [6, 6.07) is 7.07. The highest BCUT2D eigenvalue weighted by molar-refractivity contribution is 6.30. The molecule has 0 fully saturated rings. The van der Waals surface area contributed by atoms with E-state index in [1.807, 2.05) is 19.1 Å². The number of ketones is 1. The Kier molecular flexibility index (Phi) is 6.70. The summed E-state index contributed by atoms with van der Waals surface area (Å²) >= 11 is 5.87. The fraction of sp³-hybridized carbons (Fsp3) is 0.588. The van der Waals surface area contributed by atoms with Gasteiger partial charge in [-0.1, -0.05) is 39.3 Å². The second-order valence-electron chi connectivity index (χ2n) is 6.29. The first kappa shape index (κ1) is 17.2. The maximum absolute atomic E-state index is 12.6. The smallest absolute Gasteiger partial charge is 0.179 e. The first-order chi connectivity index (χ1) is 9.31. The quantitative estimate of drug-likeness (QED) is 0.689. The van der Waals surface area contributed by atoms with E-state index >= 15 is 0 Å². The van der Waals surface area contributed by atoms with E-state index in [9.17, 15) is 4.79 Å². The molecule has 1 atom stereocenters. The van der Waals surface area contributed by atoms with Crippen molar-refractivity contribution in [2.45, 2.75) is 40.7 Å². The van der Waals surface area contributed by atoms with Crippen LogP contribution in [-0.4, -0.2) is 29.8 Å². The third kappa shape index (κ3) is 5.26. The van der Waals surface area contributed by atoms with Gasteiger partial charge in [-0.15, -0.1) is 0 Å². The van der Waals surface area contributed by atoms with Gasteiger partial charge in [-0.3, -0.25) is 9.69 Å². The summed E-state index contributed by atoms with van der Waals surface area (Å²) < 4.78 is 0. The van der Waals surface area contributed by atoms with E-state index < -0.39 is 0 Å². The normalized spacial score (nSPS) is 13.2. The topological polar surface area (TPSA) is 20.3 Å². The van der Waals surface area contributed by atoms with Crippen LogP contribution in [0.2, 0.25) is 5.02 Å². The van der Waals surface area contributed by atoms with E-state index in [1.54, 1.807) is 12.1 Å². The van der Waals surface area contributed by atoms with Crippen molar-refractivity contribution in [2.24, 2.45) is 11.8 Å². The van der Waals surface area contributed by atoms with E-state index in [-0.39, 0.29) is 11.8 Å². The number of hydrogen-bond donors (Lipinski definition) is 0. The number of Topliss-reactive ketones (excluding diaryl/α,β-unsaturated/α-hetero) is 1. The van der Waals surface area contributed by atoms with E-state index in [1.165, 1.54) is 0 Å². The van der Waals surface area contributed by atoms with Crippen LogP contribution in [0.15, 0.2) is 24.3 Å². The minimum Gasteiger partial charge on any atom is -0.293 e. The molecular weight excluding hydrogens is 270 g/mol. The molecule has 0 aliphatic carbocycles. The van der Waals surface area contributed by atoms with Gasteiger partial charge in [0, 0.05) is 23.7 Å². The van der Waals surface area contributed by atoms with Gasteiger partial charge in [0.2, 0.25) is 0 Å². The van der Waals surface area contributed by atoms with Gasteiger partial charge in [-0.25, -0.2) is 0 Å². The first-order valence-corrected chi connectivity index (χ1v) is 7.73. The number of rotatable bonds is 7. The predicted octanol–water partition coefficient (Wildman–Crippen LogP) is 4.53. The largest absolute Gasteiger partial charge is 0.293 e. The van der Waals surface area contributed by atoms with E-state index in [0.717, 1.165) is 18.7 Å². The Balaban J connectivity index is 2.84. The summed E-state index contributed by atoms with van der Waals surface area (Å²) in [6.45, 7) is 12.6. The molecule has 0 aromatic heterocycles. The lowest BCUT2D eigenvalue weighted by Gasteiger charge is -2.31. The highest BCUT2D eigenvalue weighted by Crippen LogP contribution is 2.15. The van der Waals surface area contributed by atoms with Gasteiger partial charge in [0.25, 0.3) is 0 Å². The Morgan fingerprint density at radius 3 is 1.85 bits per heavy atom. The van der Waals surface area contributed by atoms with E-state index in [4.69, 9.17) is 11.6 Å². The molecule has 20 heavy (non-hydrogen) atoms. The zero-order valence-electron chi connectivity index (χ0n) is 13.2. The van der Waals surface area contributed by atoms with Crippen LogP contribution in [0.3, 0.4) is 0 Å². The van der Waals surface area contributed by atoms with Crippen LogP contribution >= 0.6 is 11.6 Å². The summed E-state index contributed by atoms with van der Waals surface area (Å²) in [7, 11) is 0. The number of benzene rings is 1. The minimum atomic E-state index is -0.0963. The molecule has 2 nitrogen and oxygen atoms in total. The lowest BCUT2D eigenvalue weighted by molar-refractivity contribution is 0.0801. The number of halogens is 1. The van der Waals surface area contributed by atoms with Crippen LogP contribution in [0.25, 0.3) is 0 Å². The molecule has 0 saturated heterocycles. The number of carbonyl (C=O) groups excluding carboxylic acids is 1. The van der Waals surface area contributed by atoms with Gasteiger partial charge in [0.15, 0.2) is 5.78 Å². The second kappa shape index (κ2) is 7.80.